The topological polar surface area (TPSA) is 77.5 Å². The van der Waals surface area contributed by atoms with E-state index in [-0.39, 0.29) is 9.90 Å². The van der Waals surface area contributed by atoms with Gasteiger partial charge in [-0.15, -0.1) is 0 Å². The molecule has 4 rings (SSSR count). The van der Waals surface area contributed by atoms with Gasteiger partial charge in [-0.2, -0.15) is 9.90 Å². The summed E-state index contributed by atoms with van der Waals surface area (Å²) in [4.78, 5) is 59.4. The highest BCUT2D eigenvalue weighted by Gasteiger charge is 2.55. The molecule has 240 valence electrons. The molecule has 1 unspecified atom stereocenters. The van der Waals surface area contributed by atoms with E-state index in [1.54, 1.807) is 104 Å². The van der Waals surface area contributed by atoms with Crippen LogP contribution >= 0.6 is 9.90 Å². The molecule has 0 aliphatic rings. The number of hydrogen-bond donors (Lipinski definition) is 0. The van der Waals surface area contributed by atoms with Gasteiger partial charge in [0.1, 0.15) is 0 Å². The van der Waals surface area contributed by atoms with Crippen molar-refractivity contribution in [1.82, 2.24) is 0 Å². The number of carbonyl (C=O) groups excluding carboxylic acids is 4. The van der Waals surface area contributed by atoms with Gasteiger partial charge in [0.05, 0.1) is 0 Å². The molecule has 0 fully saturated rings. The van der Waals surface area contributed by atoms with E-state index in [0.717, 1.165) is 0 Å². The predicted octanol–water partition coefficient (Wildman–Crippen LogP) is 8.58. The Morgan fingerprint density at radius 1 is 0.391 bits per heavy atom. The standard InChI is InChI=1S/C40H42O5.H3P/c1-23-15-11-16-24(2)31(23)35(41)39(9,36(42)32-25(3)17-12-18-26(32)4)45-40(10,37(43)33-27(5)19-13-20-28(33)6)38(44)34-29(7)21-14-22-30(34)8;/h11-22H,1-10H3;1H3. The van der Waals surface area contributed by atoms with Crippen molar-refractivity contribution in [2.75, 3.05) is 0 Å². The third-order valence-corrected chi connectivity index (χ3v) is 8.97. The van der Waals surface area contributed by atoms with E-state index in [2.05, 4.69) is 0 Å². The van der Waals surface area contributed by atoms with Gasteiger partial charge in [0, 0.05) is 22.3 Å². The summed E-state index contributed by atoms with van der Waals surface area (Å²) in [7, 11) is 0. The fraction of sp³-hybridized carbons (Fsp3) is 0.300. The summed E-state index contributed by atoms with van der Waals surface area (Å²) in [6.45, 7) is 17.2. The fourth-order valence-electron chi connectivity index (χ4n) is 6.44. The van der Waals surface area contributed by atoms with Crippen LogP contribution in [0.3, 0.4) is 0 Å². The molecule has 0 amide bonds. The smallest absolute Gasteiger partial charge is 0.202 e. The molecule has 0 heterocycles. The molecule has 0 radical (unpaired) electrons. The third-order valence-electron chi connectivity index (χ3n) is 8.97. The maximum atomic E-state index is 14.8. The van der Waals surface area contributed by atoms with Crippen molar-refractivity contribution >= 4 is 33.0 Å². The fourth-order valence-corrected chi connectivity index (χ4v) is 6.44. The highest BCUT2D eigenvalue weighted by atomic mass is 31.0. The van der Waals surface area contributed by atoms with Crippen molar-refractivity contribution in [3.63, 3.8) is 0 Å². The number of Topliss-reactive ketones (excluding diaryl/α,β-unsaturated/α-hetero) is 4. The molecule has 5 nitrogen and oxygen atoms in total. The molecule has 0 spiro atoms. The van der Waals surface area contributed by atoms with Gasteiger partial charge in [0.2, 0.25) is 23.1 Å². The minimum Gasteiger partial charge on any atom is -0.336 e. The Morgan fingerprint density at radius 2 is 0.543 bits per heavy atom. The molecule has 0 aromatic heterocycles. The molecule has 0 bridgehead atoms. The average Bonchev–Trinajstić information content (AvgIpc) is 2.96. The third kappa shape index (κ3) is 6.32. The Kier molecular flexibility index (Phi) is 10.9. The van der Waals surface area contributed by atoms with E-state index in [9.17, 15) is 19.2 Å². The van der Waals surface area contributed by atoms with Gasteiger partial charge in [-0.3, -0.25) is 19.2 Å². The lowest BCUT2D eigenvalue weighted by atomic mass is 9.78. The molecular formula is C40H45O5P. The van der Waals surface area contributed by atoms with Crippen LogP contribution in [0, 0.1) is 55.4 Å². The van der Waals surface area contributed by atoms with Crippen LogP contribution in [-0.4, -0.2) is 34.3 Å². The SMILES string of the molecule is Cc1cccc(C)c1C(=O)C(C)(OC(C)(C(=O)c1c(C)cccc1C)C(=O)c1c(C)cccc1C)C(=O)c1c(C)cccc1C.P. The number of benzene rings is 4. The van der Waals surface area contributed by atoms with Crippen molar-refractivity contribution in [2.45, 2.75) is 80.4 Å². The van der Waals surface area contributed by atoms with Gasteiger partial charge in [-0.1, -0.05) is 72.8 Å². The maximum absolute atomic E-state index is 14.8. The molecule has 1 atom stereocenters. The molecule has 0 saturated heterocycles. The lowest BCUT2D eigenvalue weighted by Crippen LogP contribution is -2.58. The van der Waals surface area contributed by atoms with Crippen LogP contribution < -0.4 is 0 Å². The predicted molar refractivity (Wildman–Crippen MR) is 190 cm³/mol. The van der Waals surface area contributed by atoms with Gasteiger partial charge in [-0.25, -0.2) is 0 Å². The lowest BCUT2D eigenvalue weighted by molar-refractivity contribution is -0.0635. The summed E-state index contributed by atoms with van der Waals surface area (Å²) in [5, 5.41) is 0. The normalized spacial score (nSPS) is 11.5. The highest BCUT2D eigenvalue weighted by Crippen LogP contribution is 2.37. The number of carbonyl (C=O) groups is 4. The van der Waals surface area contributed by atoms with Crippen LogP contribution in [0.1, 0.15) is 99.8 Å². The van der Waals surface area contributed by atoms with E-state index < -0.39 is 34.3 Å². The highest BCUT2D eigenvalue weighted by molar-refractivity contribution is 6.92. The van der Waals surface area contributed by atoms with Gasteiger partial charge < -0.3 is 4.74 Å². The first-order valence-electron chi connectivity index (χ1n) is 15.2. The zero-order chi connectivity index (χ0) is 33.4. The van der Waals surface area contributed by atoms with Crippen LogP contribution in [-0.2, 0) is 4.74 Å². The minimum absolute atomic E-state index is 0. The number of hydrogen-bond acceptors (Lipinski definition) is 5. The number of ether oxygens (including phenoxy) is 1. The summed E-state index contributed by atoms with van der Waals surface area (Å²) < 4.78 is 6.73. The summed E-state index contributed by atoms with van der Waals surface area (Å²) in [5.41, 5.74) is 2.06. The first-order valence-corrected chi connectivity index (χ1v) is 15.2. The molecule has 6 heteroatoms. The van der Waals surface area contributed by atoms with Crippen LogP contribution in [0.15, 0.2) is 72.8 Å². The summed E-state index contributed by atoms with van der Waals surface area (Å²) >= 11 is 0. The molecule has 0 N–H and O–H groups in total. The number of rotatable bonds is 10. The second kappa shape index (κ2) is 13.7. The first kappa shape index (κ1) is 36.4. The molecule has 0 saturated carbocycles. The molecule has 46 heavy (non-hydrogen) atoms. The van der Waals surface area contributed by atoms with Gasteiger partial charge >= 0.3 is 0 Å². The quantitative estimate of drug-likeness (QED) is 0.0990. The molecule has 4 aromatic rings. The maximum Gasteiger partial charge on any atom is 0.202 e. The van der Waals surface area contributed by atoms with Crippen molar-refractivity contribution in [3.05, 3.63) is 140 Å². The molecule has 0 aliphatic heterocycles. The number of ketones is 4. The van der Waals surface area contributed by atoms with Crippen LogP contribution in [0.2, 0.25) is 0 Å². The number of aryl methyl sites for hydroxylation is 8. The average molecular weight is 637 g/mol. The van der Waals surface area contributed by atoms with Crippen molar-refractivity contribution in [2.24, 2.45) is 0 Å². The first-order chi connectivity index (χ1) is 21.1. The van der Waals surface area contributed by atoms with E-state index >= 15 is 0 Å². The van der Waals surface area contributed by atoms with Gasteiger partial charge in [-0.05, 0) is 114 Å². The zero-order valence-corrected chi connectivity index (χ0v) is 30.1. The van der Waals surface area contributed by atoms with Crippen LogP contribution in [0.25, 0.3) is 0 Å². The Bertz CT molecular complexity index is 1520. The molecule has 0 aliphatic carbocycles. The largest absolute Gasteiger partial charge is 0.336 e. The summed E-state index contributed by atoms with van der Waals surface area (Å²) in [6, 6.07) is 21.7. The second-order valence-electron chi connectivity index (χ2n) is 12.6. The Morgan fingerprint density at radius 3 is 0.696 bits per heavy atom. The van der Waals surface area contributed by atoms with Crippen LogP contribution in [0.4, 0.5) is 0 Å². The van der Waals surface area contributed by atoms with Crippen molar-refractivity contribution < 1.29 is 23.9 Å². The van der Waals surface area contributed by atoms with E-state index in [0.29, 0.717) is 66.8 Å². The Balaban J connectivity index is 0.00000576. The minimum atomic E-state index is -2.25. The summed E-state index contributed by atoms with van der Waals surface area (Å²) in [5.74, 6) is -2.44. The summed E-state index contributed by atoms with van der Waals surface area (Å²) in [6.07, 6.45) is 0. The molecular weight excluding hydrogens is 591 g/mol. The Hall–Kier alpha value is -4.05. The lowest BCUT2D eigenvalue weighted by Gasteiger charge is -2.38. The Labute approximate surface area is 276 Å². The van der Waals surface area contributed by atoms with E-state index in [1.165, 1.54) is 13.8 Å². The van der Waals surface area contributed by atoms with Crippen LogP contribution in [0.5, 0.6) is 0 Å². The van der Waals surface area contributed by atoms with Crippen molar-refractivity contribution in [3.8, 4) is 0 Å². The zero-order valence-electron chi connectivity index (χ0n) is 28.7. The van der Waals surface area contributed by atoms with Gasteiger partial charge in [0.15, 0.2) is 11.2 Å². The second-order valence-corrected chi connectivity index (χ2v) is 12.6. The molecule has 4 aromatic carbocycles. The van der Waals surface area contributed by atoms with Gasteiger partial charge in [0.25, 0.3) is 0 Å². The monoisotopic (exact) mass is 636 g/mol. The van der Waals surface area contributed by atoms with E-state index in [4.69, 9.17) is 4.74 Å². The van der Waals surface area contributed by atoms with Crippen molar-refractivity contribution in [1.29, 1.82) is 0 Å². The van der Waals surface area contributed by atoms with E-state index in [1.807, 2.05) is 24.3 Å².